The van der Waals surface area contributed by atoms with Crippen LogP contribution in [0.25, 0.3) is 0 Å². The van der Waals surface area contributed by atoms with Crippen LogP contribution in [-0.4, -0.2) is 31.1 Å². The number of hydrogen-bond acceptors (Lipinski definition) is 5. The summed E-state index contributed by atoms with van der Waals surface area (Å²) in [5.74, 6) is -1.09. The molecule has 2 aliphatic rings. The number of ether oxygens (including phenoxy) is 2. The fraction of sp³-hybridized carbons (Fsp3) is 0.455. The summed E-state index contributed by atoms with van der Waals surface area (Å²) in [6.45, 7) is 6.08. The smallest absolute Gasteiger partial charge is 0.336 e. The van der Waals surface area contributed by atoms with E-state index in [9.17, 15) is 9.59 Å². The third kappa shape index (κ3) is 4.68. The van der Waals surface area contributed by atoms with Crippen molar-refractivity contribution in [3.8, 4) is 0 Å². The highest BCUT2D eigenvalue weighted by atomic mass is 35.5. The lowest BCUT2D eigenvalue weighted by atomic mass is 9.75. The van der Waals surface area contributed by atoms with Crippen molar-refractivity contribution in [2.45, 2.75) is 52.1 Å². The van der Waals surface area contributed by atoms with Crippen molar-refractivity contribution >= 4 is 35.0 Å². The minimum Gasteiger partial charge on any atom is -0.460 e. The number of rotatable bonds is 6. The summed E-state index contributed by atoms with van der Waals surface area (Å²) in [7, 11) is 0. The number of carbonyl (C=O) groups excluding carboxylic acids is 2. The molecular weight excluding hydrogens is 413 g/mol. The molecule has 1 aliphatic carbocycles. The van der Waals surface area contributed by atoms with Gasteiger partial charge in [-0.1, -0.05) is 35.3 Å². The van der Waals surface area contributed by atoms with Gasteiger partial charge in [0.2, 0.25) is 0 Å². The maximum absolute atomic E-state index is 13.0. The van der Waals surface area contributed by atoms with E-state index >= 15 is 0 Å². The Hall–Kier alpha value is -1.82. The van der Waals surface area contributed by atoms with Crippen LogP contribution in [0.3, 0.4) is 0 Å². The van der Waals surface area contributed by atoms with Gasteiger partial charge in [-0.2, -0.15) is 0 Å². The number of benzene rings is 1. The third-order valence-electron chi connectivity index (χ3n) is 5.06. The van der Waals surface area contributed by atoms with Crippen LogP contribution in [0.1, 0.15) is 51.5 Å². The van der Waals surface area contributed by atoms with E-state index in [1.165, 1.54) is 0 Å². The predicted molar refractivity (Wildman–Crippen MR) is 113 cm³/mol. The Morgan fingerprint density at radius 3 is 2.72 bits per heavy atom. The van der Waals surface area contributed by atoms with Crippen molar-refractivity contribution in [2.24, 2.45) is 0 Å². The Morgan fingerprint density at radius 1 is 1.24 bits per heavy atom. The molecule has 0 spiro atoms. The Bertz CT molecular complexity index is 889. The average Bonchev–Trinajstić information content (AvgIpc) is 2.66. The van der Waals surface area contributed by atoms with Crippen LogP contribution in [0.15, 0.2) is 40.7 Å². The second-order valence-electron chi connectivity index (χ2n) is 7.46. The summed E-state index contributed by atoms with van der Waals surface area (Å²) >= 11 is 12.7. The molecule has 1 aromatic rings. The number of Topliss-reactive ketones (excluding diaryl/α,β-unsaturated/α-hetero) is 1. The standard InChI is InChI=1S/C22H25Cl2NO4/c1-12(2)28-10-11-29-22(27)18-13(3)25-16-8-5-9-17(26)20(16)19(18)14-6-4-7-15(23)21(14)24/h4,6-7,12,19,25H,5,8-11H2,1-3H3. The van der Waals surface area contributed by atoms with Gasteiger partial charge in [-0.25, -0.2) is 4.79 Å². The molecule has 1 aromatic carbocycles. The molecule has 1 aliphatic heterocycles. The molecule has 0 radical (unpaired) electrons. The van der Waals surface area contributed by atoms with Gasteiger partial charge in [0.15, 0.2) is 5.78 Å². The lowest BCUT2D eigenvalue weighted by molar-refractivity contribution is -0.141. The fourth-order valence-corrected chi connectivity index (χ4v) is 4.22. The highest BCUT2D eigenvalue weighted by molar-refractivity contribution is 6.42. The van der Waals surface area contributed by atoms with E-state index in [4.69, 9.17) is 32.7 Å². The number of dihydropyridines is 1. The van der Waals surface area contributed by atoms with Gasteiger partial charge in [-0.05, 0) is 45.2 Å². The summed E-state index contributed by atoms with van der Waals surface area (Å²) in [5.41, 5.74) is 3.10. The van der Waals surface area contributed by atoms with Gasteiger partial charge in [0.05, 0.1) is 28.3 Å². The minimum absolute atomic E-state index is 0.0146. The summed E-state index contributed by atoms with van der Waals surface area (Å²) in [6, 6.07) is 5.26. The Kier molecular flexibility index (Phi) is 7.04. The molecule has 1 atom stereocenters. The first-order chi connectivity index (χ1) is 13.8. The molecular formula is C22H25Cl2NO4. The summed E-state index contributed by atoms with van der Waals surface area (Å²) in [5, 5.41) is 3.97. The highest BCUT2D eigenvalue weighted by Gasteiger charge is 2.40. The van der Waals surface area contributed by atoms with Gasteiger partial charge in [-0.15, -0.1) is 0 Å². The van der Waals surface area contributed by atoms with E-state index in [-0.39, 0.29) is 18.5 Å². The van der Waals surface area contributed by atoms with Gasteiger partial charge >= 0.3 is 5.97 Å². The predicted octanol–water partition coefficient (Wildman–Crippen LogP) is 4.93. The molecule has 1 heterocycles. The van der Waals surface area contributed by atoms with Crippen LogP contribution in [0.5, 0.6) is 0 Å². The summed E-state index contributed by atoms with van der Waals surface area (Å²) in [6.07, 6.45) is 2.02. The molecule has 1 N–H and O–H groups in total. The number of ketones is 1. The molecule has 0 bridgehead atoms. The van der Waals surface area contributed by atoms with Crippen LogP contribution in [-0.2, 0) is 19.1 Å². The number of allylic oxidation sites excluding steroid dienone is 3. The molecule has 156 valence electrons. The lowest BCUT2D eigenvalue weighted by Crippen LogP contribution is -2.34. The van der Waals surface area contributed by atoms with Gasteiger partial charge in [0, 0.05) is 29.3 Å². The molecule has 0 saturated carbocycles. The van der Waals surface area contributed by atoms with Crippen LogP contribution in [0.4, 0.5) is 0 Å². The Morgan fingerprint density at radius 2 is 2.00 bits per heavy atom. The SMILES string of the molecule is CC1=C(C(=O)OCCOC(C)C)C(c2cccc(Cl)c2Cl)C2=C(CCCC2=O)N1. The zero-order valence-corrected chi connectivity index (χ0v) is 18.3. The van der Waals surface area contributed by atoms with E-state index in [2.05, 4.69) is 5.32 Å². The Balaban J connectivity index is 2.00. The molecule has 0 fully saturated rings. The molecule has 1 unspecified atom stereocenters. The van der Waals surface area contributed by atoms with Crippen LogP contribution in [0, 0.1) is 0 Å². The van der Waals surface area contributed by atoms with E-state index in [0.717, 1.165) is 18.5 Å². The minimum atomic E-state index is -0.608. The zero-order chi connectivity index (χ0) is 21.1. The number of esters is 1. The number of nitrogens with one attached hydrogen (secondary N) is 1. The van der Waals surface area contributed by atoms with E-state index in [0.29, 0.717) is 45.5 Å². The van der Waals surface area contributed by atoms with E-state index < -0.39 is 11.9 Å². The first-order valence-corrected chi connectivity index (χ1v) is 10.5. The molecule has 3 rings (SSSR count). The number of halogens is 2. The monoisotopic (exact) mass is 437 g/mol. The van der Waals surface area contributed by atoms with Crippen molar-refractivity contribution < 1.29 is 19.1 Å². The van der Waals surface area contributed by atoms with Gasteiger partial charge < -0.3 is 14.8 Å². The van der Waals surface area contributed by atoms with Crippen LogP contribution < -0.4 is 5.32 Å². The summed E-state index contributed by atoms with van der Waals surface area (Å²) < 4.78 is 10.9. The van der Waals surface area contributed by atoms with Crippen molar-refractivity contribution in [3.05, 3.63) is 56.3 Å². The average molecular weight is 438 g/mol. The first-order valence-electron chi connectivity index (χ1n) is 9.78. The van der Waals surface area contributed by atoms with Crippen LogP contribution >= 0.6 is 23.2 Å². The molecule has 0 amide bonds. The normalized spacial score (nSPS) is 19.4. The van der Waals surface area contributed by atoms with Crippen molar-refractivity contribution in [1.29, 1.82) is 0 Å². The zero-order valence-electron chi connectivity index (χ0n) is 16.8. The van der Waals surface area contributed by atoms with Gasteiger partial charge in [-0.3, -0.25) is 4.79 Å². The maximum atomic E-state index is 13.0. The molecule has 0 aromatic heterocycles. The van der Waals surface area contributed by atoms with Crippen LogP contribution in [0.2, 0.25) is 10.0 Å². The molecule has 7 heteroatoms. The van der Waals surface area contributed by atoms with Gasteiger partial charge in [0.25, 0.3) is 0 Å². The number of carbonyl (C=O) groups is 2. The fourth-order valence-electron chi connectivity index (χ4n) is 3.80. The second kappa shape index (κ2) is 9.33. The van der Waals surface area contributed by atoms with Crippen molar-refractivity contribution in [2.75, 3.05) is 13.2 Å². The summed E-state index contributed by atoms with van der Waals surface area (Å²) in [4.78, 5) is 25.9. The Labute approximate surface area is 181 Å². The molecule has 0 saturated heterocycles. The quantitative estimate of drug-likeness (QED) is 0.504. The maximum Gasteiger partial charge on any atom is 0.336 e. The second-order valence-corrected chi connectivity index (χ2v) is 8.25. The van der Waals surface area contributed by atoms with Crippen molar-refractivity contribution in [3.63, 3.8) is 0 Å². The molecule has 5 nitrogen and oxygen atoms in total. The topological polar surface area (TPSA) is 64.6 Å². The van der Waals surface area contributed by atoms with Crippen molar-refractivity contribution in [1.82, 2.24) is 5.32 Å². The highest BCUT2D eigenvalue weighted by Crippen LogP contribution is 2.45. The number of hydrogen-bond donors (Lipinski definition) is 1. The first kappa shape index (κ1) is 21.9. The molecule has 29 heavy (non-hydrogen) atoms. The third-order valence-corrected chi connectivity index (χ3v) is 5.89. The van der Waals surface area contributed by atoms with Gasteiger partial charge in [0.1, 0.15) is 6.61 Å². The van der Waals surface area contributed by atoms with E-state index in [1.807, 2.05) is 20.8 Å². The lowest BCUT2D eigenvalue weighted by Gasteiger charge is -2.34. The largest absolute Gasteiger partial charge is 0.460 e. The van der Waals surface area contributed by atoms with E-state index in [1.54, 1.807) is 18.2 Å².